The standard InChI is InChI=1S/C21H22N2O3/c1-21(2,3)15-4-6-17-13(9-15)8-14(20(24)23-17)11-22-16-5-7-18-19(10-16)26-12-25-18/h4-10,22H,11-12H2,1-3H3,(H,23,24). The molecule has 5 heteroatoms. The number of rotatable bonds is 3. The van der Waals surface area contributed by atoms with Crippen LogP contribution in [0.5, 0.6) is 11.5 Å². The third-order valence-corrected chi connectivity index (χ3v) is 4.64. The highest BCUT2D eigenvalue weighted by Crippen LogP contribution is 2.34. The molecule has 5 nitrogen and oxygen atoms in total. The van der Waals surface area contributed by atoms with Crippen molar-refractivity contribution in [1.82, 2.24) is 4.98 Å². The molecule has 0 unspecified atom stereocenters. The first-order chi connectivity index (χ1) is 12.4. The fourth-order valence-electron chi connectivity index (χ4n) is 3.05. The van der Waals surface area contributed by atoms with E-state index in [1.165, 1.54) is 5.56 Å². The van der Waals surface area contributed by atoms with Gasteiger partial charge in [-0.05, 0) is 46.7 Å². The Morgan fingerprint density at radius 2 is 1.85 bits per heavy atom. The summed E-state index contributed by atoms with van der Waals surface area (Å²) in [4.78, 5) is 15.4. The molecule has 0 aliphatic carbocycles. The number of H-pyrrole nitrogens is 1. The minimum atomic E-state index is -0.0748. The van der Waals surface area contributed by atoms with Crippen molar-refractivity contribution in [2.24, 2.45) is 0 Å². The SMILES string of the molecule is CC(C)(C)c1ccc2[nH]c(=O)c(CNc3ccc4c(c3)OCO4)cc2c1. The molecule has 0 radical (unpaired) electrons. The summed E-state index contributed by atoms with van der Waals surface area (Å²) in [7, 11) is 0. The fraction of sp³-hybridized carbons (Fsp3) is 0.286. The van der Waals surface area contributed by atoms with Crippen LogP contribution < -0.4 is 20.3 Å². The Morgan fingerprint density at radius 3 is 2.65 bits per heavy atom. The number of anilines is 1. The molecular weight excluding hydrogens is 328 g/mol. The second-order valence-corrected chi connectivity index (χ2v) is 7.60. The molecule has 26 heavy (non-hydrogen) atoms. The van der Waals surface area contributed by atoms with Crippen molar-refractivity contribution in [2.45, 2.75) is 32.7 Å². The molecule has 0 saturated carbocycles. The number of aromatic nitrogens is 1. The monoisotopic (exact) mass is 350 g/mol. The molecule has 0 spiro atoms. The van der Waals surface area contributed by atoms with Gasteiger partial charge in [-0.2, -0.15) is 0 Å². The van der Waals surface area contributed by atoms with Crippen LogP contribution in [0.25, 0.3) is 10.9 Å². The van der Waals surface area contributed by atoms with Crippen molar-refractivity contribution in [3.8, 4) is 11.5 Å². The number of aromatic amines is 1. The van der Waals surface area contributed by atoms with Gasteiger partial charge in [0.05, 0.1) is 0 Å². The summed E-state index contributed by atoms with van der Waals surface area (Å²) in [6.07, 6.45) is 0. The van der Waals surface area contributed by atoms with Crippen molar-refractivity contribution in [3.63, 3.8) is 0 Å². The predicted molar refractivity (Wildman–Crippen MR) is 103 cm³/mol. The van der Waals surface area contributed by atoms with Gasteiger partial charge >= 0.3 is 0 Å². The van der Waals surface area contributed by atoms with E-state index in [-0.39, 0.29) is 17.8 Å². The van der Waals surface area contributed by atoms with Crippen LogP contribution in [0.15, 0.2) is 47.3 Å². The second-order valence-electron chi connectivity index (χ2n) is 7.60. The maximum atomic E-state index is 12.4. The van der Waals surface area contributed by atoms with E-state index >= 15 is 0 Å². The summed E-state index contributed by atoms with van der Waals surface area (Å²) in [5, 5.41) is 4.33. The van der Waals surface area contributed by atoms with Crippen LogP contribution in [-0.4, -0.2) is 11.8 Å². The van der Waals surface area contributed by atoms with E-state index in [2.05, 4.69) is 43.2 Å². The van der Waals surface area contributed by atoms with Crippen molar-refractivity contribution in [2.75, 3.05) is 12.1 Å². The summed E-state index contributed by atoms with van der Waals surface area (Å²) in [5.41, 5.74) is 3.67. The molecular formula is C21H22N2O3. The van der Waals surface area contributed by atoms with Gasteiger partial charge in [-0.15, -0.1) is 0 Å². The number of benzene rings is 2. The molecule has 0 bridgehead atoms. The molecule has 3 aromatic rings. The normalized spacial score (nSPS) is 13.2. The maximum Gasteiger partial charge on any atom is 0.253 e. The number of ether oxygens (including phenoxy) is 2. The molecule has 1 aromatic heterocycles. The summed E-state index contributed by atoms with van der Waals surface area (Å²) < 4.78 is 10.7. The Labute approximate surface area is 152 Å². The number of pyridine rings is 1. The lowest BCUT2D eigenvalue weighted by molar-refractivity contribution is 0.174. The molecule has 1 aliphatic rings. The summed E-state index contributed by atoms with van der Waals surface area (Å²) >= 11 is 0. The van der Waals surface area contributed by atoms with Crippen molar-refractivity contribution >= 4 is 16.6 Å². The smallest absolute Gasteiger partial charge is 0.253 e. The Balaban J connectivity index is 1.61. The maximum absolute atomic E-state index is 12.4. The average molecular weight is 350 g/mol. The van der Waals surface area contributed by atoms with Gasteiger partial charge in [-0.1, -0.05) is 26.8 Å². The van der Waals surface area contributed by atoms with E-state index in [0.717, 1.165) is 28.1 Å². The third-order valence-electron chi connectivity index (χ3n) is 4.64. The number of hydrogen-bond acceptors (Lipinski definition) is 4. The minimum Gasteiger partial charge on any atom is -0.454 e. The Hall–Kier alpha value is -2.95. The van der Waals surface area contributed by atoms with Crippen LogP contribution in [0.4, 0.5) is 5.69 Å². The van der Waals surface area contributed by atoms with E-state index in [0.29, 0.717) is 12.1 Å². The molecule has 2 N–H and O–H groups in total. The predicted octanol–water partition coefficient (Wildman–Crippen LogP) is 4.17. The molecule has 4 rings (SSSR count). The van der Waals surface area contributed by atoms with E-state index in [1.54, 1.807) is 0 Å². The van der Waals surface area contributed by atoms with Crippen molar-refractivity contribution in [1.29, 1.82) is 0 Å². The van der Waals surface area contributed by atoms with E-state index in [4.69, 9.17) is 9.47 Å². The molecule has 0 amide bonds. The van der Waals surface area contributed by atoms with Crippen molar-refractivity contribution in [3.05, 3.63) is 63.9 Å². The van der Waals surface area contributed by atoms with Crippen LogP contribution in [0.1, 0.15) is 31.9 Å². The van der Waals surface area contributed by atoms with E-state index < -0.39 is 0 Å². The second kappa shape index (κ2) is 6.09. The molecule has 0 fully saturated rings. The van der Waals surface area contributed by atoms with Gasteiger partial charge in [0.15, 0.2) is 11.5 Å². The number of hydrogen-bond donors (Lipinski definition) is 2. The summed E-state index contributed by atoms with van der Waals surface area (Å²) in [5.74, 6) is 1.46. The summed E-state index contributed by atoms with van der Waals surface area (Å²) in [6, 6.07) is 13.8. The first-order valence-corrected chi connectivity index (χ1v) is 8.70. The van der Waals surface area contributed by atoms with Gasteiger partial charge < -0.3 is 19.8 Å². The van der Waals surface area contributed by atoms with Crippen LogP contribution in [0.3, 0.4) is 0 Å². The minimum absolute atomic E-state index is 0.0647. The third kappa shape index (κ3) is 3.12. The van der Waals surface area contributed by atoms with Gasteiger partial charge in [-0.3, -0.25) is 4.79 Å². The lowest BCUT2D eigenvalue weighted by atomic mass is 9.86. The van der Waals surface area contributed by atoms with Gasteiger partial charge in [0.2, 0.25) is 6.79 Å². The average Bonchev–Trinajstić information content (AvgIpc) is 3.06. The topological polar surface area (TPSA) is 63.4 Å². The fourth-order valence-corrected chi connectivity index (χ4v) is 3.05. The quantitative estimate of drug-likeness (QED) is 0.744. The Morgan fingerprint density at radius 1 is 1.04 bits per heavy atom. The number of fused-ring (bicyclic) bond motifs is 2. The zero-order chi connectivity index (χ0) is 18.3. The van der Waals surface area contributed by atoms with Gasteiger partial charge in [0.25, 0.3) is 5.56 Å². The zero-order valence-corrected chi connectivity index (χ0v) is 15.2. The molecule has 1 aliphatic heterocycles. The molecule has 0 atom stereocenters. The molecule has 2 aromatic carbocycles. The van der Waals surface area contributed by atoms with Gasteiger partial charge in [0.1, 0.15) is 0 Å². The first-order valence-electron chi connectivity index (χ1n) is 8.70. The van der Waals surface area contributed by atoms with E-state index in [9.17, 15) is 4.79 Å². The molecule has 134 valence electrons. The summed E-state index contributed by atoms with van der Waals surface area (Å²) in [6.45, 7) is 7.23. The largest absolute Gasteiger partial charge is 0.454 e. The van der Waals surface area contributed by atoms with Crippen LogP contribution >= 0.6 is 0 Å². The lowest BCUT2D eigenvalue weighted by Crippen LogP contribution is -2.16. The van der Waals surface area contributed by atoms with Crippen LogP contribution in [-0.2, 0) is 12.0 Å². The lowest BCUT2D eigenvalue weighted by Gasteiger charge is -2.19. The van der Waals surface area contributed by atoms with Crippen molar-refractivity contribution < 1.29 is 9.47 Å². The number of nitrogens with one attached hydrogen (secondary N) is 2. The van der Waals surface area contributed by atoms with E-state index in [1.807, 2.05) is 30.3 Å². The molecule has 0 saturated heterocycles. The highest BCUT2D eigenvalue weighted by atomic mass is 16.7. The van der Waals surface area contributed by atoms with Gasteiger partial charge in [-0.25, -0.2) is 0 Å². The Bertz CT molecular complexity index is 1030. The van der Waals surface area contributed by atoms with Crippen LogP contribution in [0, 0.1) is 0 Å². The zero-order valence-electron chi connectivity index (χ0n) is 15.2. The Kier molecular flexibility index (Phi) is 3.87. The van der Waals surface area contributed by atoms with Gasteiger partial charge in [0, 0.05) is 29.4 Å². The van der Waals surface area contributed by atoms with Crippen LogP contribution in [0.2, 0.25) is 0 Å². The first kappa shape index (κ1) is 16.5. The highest BCUT2D eigenvalue weighted by Gasteiger charge is 2.15. The molecule has 2 heterocycles. The highest BCUT2D eigenvalue weighted by molar-refractivity contribution is 5.80.